The maximum absolute atomic E-state index is 10.5. The van der Waals surface area contributed by atoms with Crippen LogP contribution in [0.2, 0.25) is 0 Å². The summed E-state index contributed by atoms with van der Waals surface area (Å²) in [5.41, 5.74) is 5.75. The van der Waals surface area contributed by atoms with Gasteiger partial charge in [0.05, 0.1) is 12.1 Å². The Morgan fingerprint density at radius 3 is 1.39 bits per heavy atom. The second kappa shape index (κ2) is 9.32. The van der Waals surface area contributed by atoms with Gasteiger partial charge in [-0.2, -0.15) is 0 Å². The second-order valence-electron chi connectivity index (χ2n) is 11.6. The lowest BCUT2D eigenvalue weighted by molar-refractivity contribution is 0.468. The van der Waals surface area contributed by atoms with Crippen molar-refractivity contribution in [3.8, 4) is 11.5 Å². The molecular weight excluding hydrogens is 408 g/mol. The molecule has 0 spiro atoms. The first-order valence-electron chi connectivity index (χ1n) is 12.0. The molecule has 4 heteroatoms. The third-order valence-electron chi connectivity index (χ3n) is 6.62. The van der Waals surface area contributed by atoms with Gasteiger partial charge < -0.3 is 10.2 Å². The number of benzene rings is 2. The lowest BCUT2D eigenvalue weighted by atomic mass is 9.85. The SMILES string of the molecule is Cc1cc(C(C)(C)C)cc(C=NC2CCC(N=Cc3cc(C(C)(C)C)cc(C)c3O)C2)c1O. The van der Waals surface area contributed by atoms with Gasteiger partial charge in [0.2, 0.25) is 0 Å². The Hall–Kier alpha value is -2.62. The molecule has 0 aliphatic heterocycles. The molecule has 2 aromatic carbocycles. The van der Waals surface area contributed by atoms with Crippen molar-refractivity contribution < 1.29 is 10.2 Å². The number of hydrogen-bond acceptors (Lipinski definition) is 4. The van der Waals surface area contributed by atoms with E-state index in [1.807, 2.05) is 38.4 Å². The van der Waals surface area contributed by atoms with Crippen LogP contribution in [0.5, 0.6) is 11.5 Å². The normalized spacial score (nSPS) is 19.8. The number of aliphatic imine (C=N–C) groups is 2. The van der Waals surface area contributed by atoms with Gasteiger partial charge in [-0.15, -0.1) is 0 Å². The van der Waals surface area contributed by atoms with Crippen molar-refractivity contribution >= 4 is 12.4 Å². The lowest BCUT2D eigenvalue weighted by Gasteiger charge is -2.21. The van der Waals surface area contributed by atoms with Crippen LogP contribution in [0, 0.1) is 13.8 Å². The Labute approximate surface area is 199 Å². The molecule has 0 saturated heterocycles. The molecule has 1 saturated carbocycles. The first-order chi connectivity index (χ1) is 15.3. The third kappa shape index (κ3) is 6.04. The van der Waals surface area contributed by atoms with E-state index in [1.54, 1.807) is 0 Å². The van der Waals surface area contributed by atoms with Gasteiger partial charge in [-0.05, 0) is 78.3 Å². The van der Waals surface area contributed by atoms with Crippen LogP contribution in [0.1, 0.15) is 94.2 Å². The fraction of sp³-hybridized carbons (Fsp3) is 0.517. The molecule has 1 fully saturated rings. The van der Waals surface area contributed by atoms with E-state index in [4.69, 9.17) is 9.98 Å². The molecular formula is C29H40N2O2. The summed E-state index contributed by atoms with van der Waals surface area (Å²) >= 11 is 0. The highest BCUT2D eigenvalue weighted by molar-refractivity contribution is 5.85. The molecule has 2 atom stereocenters. The summed E-state index contributed by atoms with van der Waals surface area (Å²) < 4.78 is 0. The number of phenolic OH excluding ortho intramolecular Hbond substituents is 2. The Bertz CT molecular complexity index is 983. The van der Waals surface area contributed by atoms with Gasteiger partial charge in [-0.3, -0.25) is 9.98 Å². The quantitative estimate of drug-likeness (QED) is 0.507. The Morgan fingerprint density at radius 1 is 0.697 bits per heavy atom. The summed E-state index contributed by atoms with van der Waals surface area (Å²) in [6.45, 7) is 16.9. The second-order valence-corrected chi connectivity index (χ2v) is 11.6. The number of aryl methyl sites for hydroxylation is 2. The van der Waals surface area contributed by atoms with Crippen LogP contribution in [0.3, 0.4) is 0 Å². The van der Waals surface area contributed by atoms with Gasteiger partial charge in [-0.25, -0.2) is 0 Å². The Balaban J connectivity index is 1.72. The maximum Gasteiger partial charge on any atom is 0.127 e. The molecule has 2 N–H and O–H groups in total. The molecule has 0 aromatic heterocycles. The zero-order valence-corrected chi connectivity index (χ0v) is 21.5. The molecule has 0 amide bonds. The van der Waals surface area contributed by atoms with Crippen LogP contribution >= 0.6 is 0 Å². The van der Waals surface area contributed by atoms with Crippen molar-refractivity contribution in [2.75, 3.05) is 0 Å². The minimum absolute atomic E-state index is 0.0163. The van der Waals surface area contributed by atoms with Gasteiger partial charge in [0, 0.05) is 23.6 Å². The maximum atomic E-state index is 10.5. The van der Waals surface area contributed by atoms with Crippen LogP contribution in [-0.4, -0.2) is 34.7 Å². The van der Waals surface area contributed by atoms with E-state index in [-0.39, 0.29) is 22.9 Å². The molecule has 178 valence electrons. The predicted molar refractivity (Wildman–Crippen MR) is 140 cm³/mol. The summed E-state index contributed by atoms with van der Waals surface area (Å²) in [7, 11) is 0. The number of hydrogen-bond donors (Lipinski definition) is 2. The lowest BCUT2D eigenvalue weighted by Crippen LogP contribution is -2.12. The van der Waals surface area contributed by atoms with E-state index in [0.717, 1.165) is 41.5 Å². The van der Waals surface area contributed by atoms with Gasteiger partial charge in [0.1, 0.15) is 11.5 Å². The molecule has 2 unspecified atom stereocenters. The highest BCUT2D eigenvalue weighted by Gasteiger charge is 2.24. The van der Waals surface area contributed by atoms with Crippen LogP contribution in [0.15, 0.2) is 34.3 Å². The van der Waals surface area contributed by atoms with E-state index >= 15 is 0 Å². The molecule has 1 aliphatic carbocycles. The van der Waals surface area contributed by atoms with Gasteiger partial charge in [0.15, 0.2) is 0 Å². The standard InChI is InChI=1S/C29H40N2O2/c1-18-11-22(28(3,4)5)13-20(26(18)32)16-30-24-9-10-25(15-24)31-17-21-14-23(29(6,7)8)12-19(2)27(21)33/h11-14,16-17,24-25,32-33H,9-10,15H2,1-8H3. The largest absolute Gasteiger partial charge is 0.507 e. The molecule has 3 rings (SSSR count). The Kier molecular flexibility index (Phi) is 7.07. The zero-order valence-electron chi connectivity index (χ0n) is 21.5. The van der Waals surface area contributed by atoms with Crippen LogP contribution in [0.25, 0.3) is 0 Å². The van der Waals surface area contributed by atoms with Gasteiger partial charge in [-0.1, -0.05) is 53.7 Å². The third-order valence-corrected chi connectivity index (χ3v) is 6.62. The van der Waals surface area contributed by atoms with Gasteiger partial charge in [0.25, 0.3) is 0 Å². The topological polar surface area (TPSA) is 65.2 Å². The van der Waals surface area contributed by atoms with Crippen LogP contribution < -0.4 is 0 Å². The molecule has 0 bridgehead atoms. The van der Waals surface area contributed by atoms with Crippen LogP contribution in [-0.2, 0) is 10.8 Å². The highest BCUT2D eigenvalue weighted by atomic mass is 16.3. The van der Waals surface area contributed by atoms with E-state index in [9.17, 15) is 10.2 Å². The van der Waals surface area contributed by atoms with E-state index in [1.165, 1.54) is 11.1 Å². The summed E-state index contributed by atoms with van der Waals surface area (Å²) in [6.07, 6.45) is 6.49. The summed E-state index contributed by atoms with van der Waals surface area (Å²) in [5.74, 6) is 0.618. The van der Waals surface area contributed by atoms with E-state index in [0.29, 0.717) is 11.5 Å². The molecule has 0 radical (unpaired) electrons. The van der Waals surface area contributed by atoms with Crippen molar-refractivity contribution in [2.24, 2.45) is 9.98 Å². The molecule has 4 nitrogen and oxygen atoms in total. The summed E-state index contributed by atoms with van der Waals surface area (Å²) in [4.78, 5) is 9.59. The summed E-state index contributed by atoms with van der Waals surface area (Å²) in [6, 6.07) is 8.59. The fourth-order valence-electron chi connectivity index (χ4n) is 4.25. The minimum Gasteiger partial charge on any atom is -0.507 e. The van der Waals surface area contributed by atoms with Crippen molar-refractivity contribution in [3.63, 3.8) is 0 Å². The molecule has 1 aliphatic rings. The van der Waals surface area contributed by atoms with Crippen molar-refractivity contribution in [1.82, 2.24) is 0 Å². The highest BCUT2D eigenvalue weighted by Crippen LogP contribution is 2.32. The molecule has 33 heavy (non-hydrogen) atoms. The number of aromatic hydroxyl groups is 2. The molecule has 0 heterocycles. The average Bonchev–Trinajstić information content (AvgIpc) is 3.16. The zero-order chi connectivity index (χ0) is 24.6. The smallest absolute Gasteiger partial charge is 0.127 e. The minimum atomic E-state index is 0.0163. The number of nitrogens with zero attached hydrogens (tertiary/aromatic N) is 2. The number of phenols is 2. The summed E-state index contributed by atoms with van der Waals surface area (Å²) in [5, 5.41) is 21.0. The Morgan fingerprint density at radius 2 is 1.06 bits per heavy atom. The van der Waals surface area contributed by atoms with E-state index < -0.39 is 0 Å². The van der Waals surface area contributed by atoms with Crippen molar-refractivity contribution in [3.05, 3.63) is 57.6 Å². The van der Waals surface area contributed by atoms with Crippen LogP contribution in [0.4, 0.5) is 0 Å². The van der Waals surface area contributed by atoms with Gasteiger partial charge >= 0.3 is 0 Å². The first-order valence-corrected chi connectivity index (χ1v) is 12.0. The number of rotatable bonds is 4. The first kappa shape index (κ1) is 25.0. The van der Waals surface area contributed by atoms with Crippen molar-refractivity contribution in [1.29, 1.82) is 0 Å². The van der Waals surface area contributed by atoms with Crippen molar-refractivity contribution in [2.45, 2.75) is 97.6 Å². The molecule has 2 aromatic rings. The predicted octanol–water partition coefficient (Wildman–Crippen LogP) is 6.77. The van der Waals surface area contributed by atoms with E-state index in [2.05, 4.69) is 53.7 Å². The fourth-order valence-corrected chi connectivity index (χ4v) is 4.25. The average molecular weight is 449 g/mol. The monoisotopic (exact) mass is 448 g/mol.